The van der Waals surface area contributed by atoms with Crippen LogP contribution in [0.2, 0.25) is 0 Å². The first-order valence-electron chi connectivity index (χ1n) is 9.53. The summed E-state index contributed by atoms with van der Waals surface area (Å²) in [7, 11) is 0. The van der Waals surface area contributed by atoms with E-state index in [-0.39, 0.29) is 11.6 Å². The largest absolute Gasteiger partial charge is 0.451 e. The van der Waals surface area contributed by atoms with Crippen LogP contribution in [0, 0.1) is 20.8 Å². The number of ether oxygens (including phenoxy) is 2. The Morgan fingerprint density at radius 2 is 1.56 bits per heavy atom. The van der Waals surface area contributed by atoms with Crippen molar-refractivity contribution in [2.24, 2.45) is 0 Å². The number of aryl methyl sites for hydroxylation is 3. The lowest BCUT2D eigenvalue weighted by molar-refractivity contribution is -0.153. The quantitative estimate of drug-likeness (QED) is 0.689. The predicted octanol–water partition coefficient (Wildman–Crippen LogP) is 4.80. The Labute approximate surface area is 150 Å². The zero-order chi connectivity index (χ0) is 17.8. The molecule has 1 saturated carbocycles. The van der Waals surface area contributed by atoms with Crippen LogP contribution in [0.1, 0.15) is 67.7 Å². The van der Waals surface area contributed by atoms with Crippen LogP contribution >= 0.6 is 0 Å². The molecular formula is C22H28O3. The van der Waals surface area contributed by atoms with Gasteiger partial charge in [0, 0.05) is 6.61 Å². The molecular weight excluding hydrogens is 312 g/mol. The van der Waals surface area contributed by atoms with Crippen molar-refractivity contribution in [2.75, 3.05) is 6.61 Å². The molecule has 4 rings (SSSR count). The van der Waals surface area contributed by atoms with E-state index in [1.165, 1.54) is 5.56 Å². The van der Waals surface area contributed by atoms with Crippen LogP contribution in [0.25, 0.3) is 5.57 Å². The lowest BCUT2D eigenvalue weighted by Gasteiger charge is -2.42. The summed E-state index contributed by atoms with van der Waals surface area (Å²) in [5.41, 5.74) is 6.20. The molecule has 3 aliphatic rings. The molecule has 0 unspecified atom stereocenters. The van der Waals surface area contributed by atoms with Crippen LogP contribution < -0.4 is 0 Å². The second kappa shape index (κ2) is 5.70. The van der Waals surface area contributed by atoms with E-state index in [2.05, 4.69) is 39.8 Å². The Morgan fingerprint density at radius 1 is 0.920 bits per heavy atom. The van der Waals surface area contributed by atoms with E-state index in [1.54, 1.807) is 0 Å². The maximum Gasteiger partial charge on any atom is 0.339 e. The second-order valence-corrected chi connectivity index (χ2v) is 8.29. The highest BCUT2D eigenvalue weighted by molar-refractivity contribution is 6.20. The molecule has 2 aliphatic heterocycles. The van der Waals surface area contributed by atoms with E-state index in [0.717, 1.165) is 73.0 Å². The van der Waals surface area contributed by atoms with E-state index in [4.69, 9.17) is 9.47 Å². The zero-order valence-electron chi connectivity index (χ0n) is 15.8. The van der Waals surface area contributed by atoms with E-state index in [9.17, 15) is 4.79 Å². The van der Waals surface area contributed by atoms with Gasteiger partial charge < -0.3 is 9.47 Å². The molecule has 1 aliphatic carbocycles. The van der Waals surface area contributed by atoms with Crippen LogP contribution in [0.4, 0.5) is 0 Å². The highest BCUT2D eigenvalue weighted by Gasteiger charge is 2.52. The molecule has 1 aromatic rings. The fraction of sp³-hybridized carbons (Fsp3) is 0.591. The molecule has 0 atom stereocenters. The van der Waals surface area contributed by atoms with Crippen LogP contribution in [0.15, 0.2) is 17.7 Å². The van der Waals surface area contributed by atoms with Gasteiger partial charge in [0.25, 0.3) is 0 Å². The minimum Gasteiger partial charge on any atom is -0.451 e. The first-order valence-corrected chi connectivity index (χ1v) is 9.53. The molecule has 25 heavy (non-hydrogen) atoms. The Balaban J connectivity index is 1.71. The Bertz CT molecular complexity index is 732. The van der Waals surface area contributed by atoms with Crippen molar-refractivity contribution in [3.8, 4) is 0 Å². The number of carbonyl (C=O) groups excluding carboxylic acids is 1. The second-order valence-electron chi connectivity index (χ2n) is 8.29. The third-order valence-electron chi connectivity index (χ3n) is 6.63. The Hall–Kier alpha value is -1.61. The van der Waals surface area contributed by atoms with Crippen LogP contribution in [0.3, 0.4) is 0 Å². The van der Waals surface area contributed by atoms with Gasteiger partial charge in [-0.15, -0.1) is 0 Å². The number of esters is 1. The molecule has 3 nitrogen and oxygen atoms in total. The van der Waals surface area contributed by atoms with Gasteiger partial charge in [-0.05, 0) is 88.5 Å². The summed E-state index contributed by atoms with van der Waals surface area (Å²) in [6.07, 6.45) is 6.08. The first-order chi connectivity index (χ1) is 11.9. The summed E-state index contributed by atoms with van der Waals surface area (Å²) in [6.45, 7) is 9.27. The zero-order valence-corrected chi connectivity index (χ0v) is 15.8. The molecule has 0 N–H and O–H groups in total. The van der Waals surface area contributed by atoms with E-state index in [1.807, 2.05) is 0 Å². The summed E-state index contributed by atoms with van der Waals surface area (Å²) in [5, 5.41) is 0. The van der Waals surface area contributed by atoms with Crippen molar-refractivity contribution in [3.63, 3.8) is 0 Å². The lowest BCUT2D eigenvalue weighted by atomic mass is 9.71. The SMILES string of the molecule is CC1=C(c2c(C)cc(C)cc2C)C(=O)OC12CCC1(CCCO1)CC2. The third-order valence-corrected chi connectivity index (χ3v) is 6.63. The Morgan fingerprint density at radius 3 is 2.12 bits per heavy atom. The van der Waals surface area contributed by atoms with E-state index >= 15 is 0 Å². The monoisotopic (exact) mass is 340 g/mol. The third kappa shape index (κ3) is 2.55. The summed E-state index contributed by atoms with van der Waals surface area (Å²) in [4.78, 5) is 12.8. The average Bonchev–Trinajstić information content (AvgIpc) is 3.09. The number of benzene rings is 1. The molecule has 134 valence electrons. The van der Waals surface area contributed by atoms with Gasteiger partial charge in [-0.2, -0.15) is 0 Å². The van der Waals surface area contributed by atoms with Crippen molar-refractivity contribution < 1.29 is 14.3 Å². The van der Waals surface area contributed by atoms with Gasteiger partial charge in [-0.25, -0.2) is 4.79 Å². The van der Waals surface area contributed by atoms with E-state index < -0.39 is 5.60 Å². The van der Waals surface area contributed by atoms with Gasteiger partial charge in [0.15, 0.2) is 0 Å². The molecule has 2 heterocycles. The number of rotatable bonds is 1. The lowest BCUT2D eigenvalue weighted by Crippen LogP contribution is -2.43. The topological polar surface area (TPSA) is 35.5 Å². The molecule has 2 fully saturated rings. The smallest absolute Gasteiger partial charge is 0.339 e. The summed E-state index contributed by atoms with van der Waals surface area (Å²) < 4.78 is 12.1. The molecule has 1 saturated heterocycles. The van der Waals surface area contributed by atoms with Crippen molar-refractivity contribution in [1.82, 2.24) is 0 Å². The highest BCUT2D eigenvalue weighted by atomic mass is 16.6. The summed E-state index contributed by atoms with van der Waals surface area (Å²) in [6, 6.07) is 4.31. The van der Waals surface area contributed by atoms with Crippen LogP contribution in [-0.4, -0.2) is 23.8 Å². The molecule has 0 bridgehead atoms. The molecule has 0 amide bonds. The first kappa shape index (κ1) is 16.8. The molecule has 1 aromatic carbocycles. The summed E-state index contributed by atoms with van der Waals surface area (Å²) in [5.74, 6) is -0.143. The number of carbonyl (C=O) groups is 1. The number of hydrogen-bond acceptors (Lipinski definition) is 3. The van der Waals surface area contributed by atoms with Gasteiger partial charge in [0.05, 0.1) is 11.2 Å². The maximum atomic E-state index is 12.8. The van der Waals surface area contributed by atoms with Gasteiger partial charge in [0.2, 0.25) is 0 Å². The van der Waals surface area contributed by atoms with Crippen LogP contribution in [-0.2, 0) is 14.3 Å². The molecule has 0 radical (unpaired) electrons. The standard InChI is InChI=1S/C22H28O3/c1-14-12-15(2)18(16(3)13-14)19-17(4)22(25-20(19)23)9-7-21(8-10-22)6-5-11-24-21/h12-13H,5-11H2,1-4H3. The number of hydrogen-bond donors (Lipinski definition) is 0. The normalized spacial score (nSPS) is 32.1. The molecule has 2 spiro atoms. The van der Waals surface area contributed by atoms with Crippen molar-refractivity contribution in [2.45, 2.75) is 77.4 Å². The predicted molar refractivity (Wildman–Crippen MR) is 98.5 cm³/mol. The van der Waals surface area contributed by atoms with Gasteiger partial charge >= 0.3 is 5.97 Å². The van der Waals surface area contributed by atoms with Crippen LogP contribution in [0.5, 0.6) is 0 Å². The summed E-state index contributed by atoms with van der Waals surface area (Å²) >= 11 is 0. The Kier molecular flexibility index (Phi) is 3.84. The van der Waals surface area contributed by atoms with Crippen molar-refractivity contribution in [3.05, 3.63) is 40.0 Å². The minimum absolute atomic E-state index is 0.0520. The molecule has 0 aromatic heterocycles. The van der Waals surface area contributed by atoms with Gasteiger partial charge in [0.1, 0.15) is 5.60 Å². The maximum absolute atomic E-state index is 12.8. The van der Waals surface area contributed by atoms with Crippen molar-refractivity contribution >= 4 is 11.5 Å². The van der Waals surface area contributed by atoms with Gasteiger partial charge in [-0.3, -0.25) is 0 Å². The minimum atomic E-state index is -0.409. The van der Waals surface area contributed by atoms with Crippen molar-refractivity contribution in [1.29, 1.82) is 0 Å². The molecule has 3 heteroatoms. The highest BCUT2D eigenvalue weighted by Crippen LogP contribution is 2.51. The fourth-order valence-electron chi connectivity index (χ4n) is 5.29. The van der Waals surface area contributed by atoms with Gasteiger partial charge in [-0.1, -0.05) is 17.7 Å². The average molecular weight is 340 g/mol. The fourth-order valence-corrected chi connectivity index (χ4v) is 5.29. The van der Waals surface area contributed by atoms with E-state index in [0.29, 0.717) is 0 Å².